The van der Waals surface area contributed by atoms with E-state index in [0.717, 1.165) is 19.1 Å². The fraction of sp³-hybridized carbons (Fsp3) is 0.500. The number of hydrogen-bond donors (Lipinski definition) is 0. The second kappa shape index (κ2) is 7.96. The van der Waals surface area contributed by atoms with Crippen molar-refractivity contribution >= 4 is 6.29 Å². The minimum atomic E-state index is -0.333. The topological polar surface area (TPSA) is 26.3 Å². The van der Waals surface area contributed by atoms with Crippen LogP contribution < -0.4 is 0 Å². The maximum Gasteiger partial charge on any atom is 0.150 e. The number of ether oxygens (including phenoxy) is 1. The van der Waals surface area contributed by atoms with Gasteiger partial charge in [0.2, 0.25) is 0 Å². The van der Waals surface area contributed by atoms with Gasteiger partial charge in [0.15, 0.2) is 0 Å². The van der Waals surface area contributed by atoms with Gasteiger partial charge in [-0.2, -0.15) is 0 Å². The molecule has 0 heterocycles. The molecule has 94 valence electrons. The molecule has 0 saturated heterocycles. The number of unbranched alkanes of at least 4 members (excludes halogenated alkanes) is 3. The molecule has 0 spiro atoms. The van der Waals surface area contributed by atoms with Gasteiger partial charge in [-0.25, -0.2) is 4.39 Å². The molecule has 1 aromatic rings. The molecule has 0 bridgehead atoms. The van der Waals surface area contributed by atoms with Gasteiger partial charge in [0, 0.05) is 12.2 Å². The van der Waals surface area contributed by atoms with Crippen LogP contribution in [0.25, 0.3) is 0 Å². The van der Waals surface area contributed by atoms with Crippen LogP contribution in [0.15, 0.2) is 18.2 Å². The zero-order valence-corrected chi connectivity index (χ0v) is 10.2. The summed E-state index contributed by atoms with van der Waals surface area (Å²) >= 11 is 0. The lowest BCUT2D eigenvalue weighted by Gasteiger charge is -2.06. The first kappa shape index (κ1) is 13.8. The summed E-state index contributed by atoms with van der Waals surface area (Å²) in [5.74, 6) is -0.333. The Morgan fingerprint density at radius 2 is 2.12 bits per heavy atom. The van der Waals surface area contributed by atoms with E-state index >= 15 is 0 Å². The Bertz CT molecular complexity index is 350. The molecular formula is C14H19FO2. The average Bonchev–Trinajstić information content (AvgIpc) is 2.34. The van der Waals surface area contributed by atoms with Crippen LogP contribution in [0.2, 0.25) is 0 Å². The molecule has 0 N–H and O–H groups in total. The third-order valence-corrected chi connectivity index (χ3v) is 2.63. The summed E-state index contributed by atoms with van der Waals surface area (Å²) in [6.45, 7) is 3.12. The molecule has 0 radical (unpaired) electrons. The minimum absolute atomic E-state index is 0.304. The fourth-order valence-corrected chi connectivity index (χ4v) is 1.63. The van der Waals surface area contributed by atoms with E-state index < -0.39 is 0 Å². The Morgan fingerprint density at radius 3 is 2.82 bits per heavy atom. The van der Waals surface area contributed by atoms with E-state index in [0.29, 0.717) is 24.3 Å². The van der Waals surface area contributed by atoms with Gasteiger partial charge in [-0.3, -0.25) is 4.79 Å². The van der Waals surface area contributed by atoms with E-state index in [-0.39, 0.29) is 5.82 Å². The van der Waals surface area contributed by atoms with Gasteiger partial charge in [-0.05, 0) is 30.2 Å². The van der Waals surface area contributed by atoms with Crippen molar-refractivity contribution in [3.63, 3.8) is 0 Å². The highest BCUT2D eigenvalue weighted by Gasteiger charge is 2.03. The Hall–Kier alpha value is -1.22. The summed E-state index contributed by atoms with van der Waals surface area (Å²) in [4.78, 5) is 10.7. The van der Waals surface area contributed by atoms with Gasteiger partial charge >= 0.3 is 0 Å². The zero-order valence-electron chi connectivity index (χ0n) is 10.2. The summed E-state index contributed by atoms with van der Waals surface area (Å²) in [6.07, 6.45) is 5.30. The van der Waals surface area contributed by atoms with Crippen molar-refractivity contribution < 1.29 is 13.9 Å². The predicted molar refractivity (Wildman–Crippen MR) is 65.6 cm³/mol. The maximum absolute atomic E-state index is 13.0. The zero-order chi connectivity index (χ0) is 12.5. The molecule has 0 aromatic heterocycles. The quantitative estimate of drug-likeness (QED) is 0.509. The number of rotatable bonds is 8. The van der Waals surface area contributed by atoms with Gasteiger partial charge in [0.1, 0.15) is 12.1 Å². The molecule has 0 fully saturated rings. The third-order valence-electron chi connectivity index (χ3n) is 2.63. The van der Waals surface area contributed by atoms with Crippen LogP contribution in [0.4, 0.5) is 4.39 Å². The van der Waals surface area contributed by atoms with Gasteiger partial charge in [0.25, 0.3) is 0 Å². The lowest BCUT2D eigenvalue weighted by molar-refractivity contribution is 0.108. The molecule has 0 aliphatic carbocycles. The van der Waals surface area contributed by atoms with E-state index in [1.165, 1.54) is 31.0 Å². The molecule has 2 nitrogen and oxygen atoms in total. The normalized spacial score (nSPS) is 10.5. The Morgan fingerprint density at radius 1 is 1.29 bits per heavy atom. The number of aldehydes is 1. The Kier molecular flexibility index (Phi) is 6.48. The summed E-state index contributed by atoms with van der Waals surface area (Å²) in [5.41, 5.74) is 1.12. The number of carbonyl (C=O) groups is 1. The van der Waals surface area contributed by atoms with Crippen molar-refractivity contribution in [2.75, 3.05) is 6.61 Å². The number of halogens is 1. The molecule has 0 aliphatic rings. The average molecular weight is 238 g/mol. The standard InChI is InChI=1S/C14H19FO2/c1-2-3-4-5-8-17-11-13-9-14(15)7-6-12(13)10-16/h6-7,9-10H,2-5,8,11H2,1H3. The van der Waals surface area contributed by atoms with Crippen LogP contribution in [-0.4, -0.2) is 12.9 Å². The summed E-state index contributed by atoms with van der Waals surface area (Å²) in [6, 6.07) is 4.13. The van der Waals surface area contributed by atoms with Crippen LogP contribution in [0, 0.1) is 5.82 Å². The molecule has 1 aromatic carbocycles. The van der Waals surface area contributed by atoms with E-state index in [1.807, 2.05) is 0 Å². The van der Waals surface area contributed by atoms with Crippen molar-refractivity contribution in [1.29, 1.82) is 0 Å². The summed E-state index contributed by atoms with van der Waals surface area (Å²) in [5, 5.41) is 0. The van der Waals surface area contributed by atoms with E-state index in [4.69, 9.17) is 4.74 Å². The Labute approximate surface area is 102 Å². The van der Waals surface area contributed by atoms with Crippen LogP contribution in [0.3, 0.4) is 0 Å². The number of benzene rings is 1. The summed E-state index contributed by atoms with van der Waals surface area (Å²) in [7, 11) is 0. The SMILES string of the molecule is CCCCCCOCc1cc(F)ccc1C=O. The lowest BCUT2D eigenvalue weighted by Crippen LogP contribution is -2.00. The van der Waals surface area contributed by atoms with Crippen molar-refractivity contribution in [2.45, 2.75) is 39.2 Å². The van der Waals surface area contributed by atoms with Gasteiger partial charge in [-0.1, -0.05) is 26.2 Å². The number of hydrogen-bond acceptors (Lipinski definition) is 2. The monoisotopic (exact) mass is 238 g/mol. The van der Waals surface area contributed by atoms with Crippen molar-refractivity contribution in [3.8, 4) is 0 Å². The molecule has 0 atom stereocenters. The smallest absolute Gasteiger partial charge is 0.150 e. The second-order valence-corrected chi connectivity index (χ2v) is 4.07. The van der Waals surface area contributed by atoms with Crippen molar-refractivity contribution in [3.05, 3.63) is 35.1 Å². The molecular weight excluding hydrogens is 219 g/mol. The highest BCUT2D eigenvalue weighted by atomic mass is 19.1. The molecule has 0 unspecified atom stereocenters. The molecule has 3 heteroatoms. The van der Waals surface area contributed by atoms with E-state index in [1.54, 1.807) is 0 Å². The predicted octanol–water partition coefficient (Wildman–Crippen LogP) is 3.74. The summed E-state index contributed by atoms with van der Waals surface area (Å²) < 4.78 is 18.4. The van der Waals surface area contributed by atoms with Crippen LogP contribution in [0.5, 0.6) is 0 Å². The first-order valence-electron chi connectivity index (χ1n) is 6.09. The highest BCUT2D eigenvalue weighted by Crippen LogP contribution is 2.11. The third kappa shape index (κ3) is 5.09. The molecule has 0 aliphatic heterocycles. The largest absolute Gasteiger partial charge is 0.377 e. The first-order chi connectivity index (χ1) is 8.27. The van der Waals surface area contributed by atoms with Gasteiger partial charge < -0.3 is 4.74 Å². The Balaban J connectivity index is 2.35. The van der Waals surface area contributed by atoms with Crippen LogP contribution >= 0.6 is 0 Å². The lowest BCUT2D eigenvalue weighted by atomic mass is 10.1. The van der Waals surface area contributed by atoms with Crippen molar-refractivity contribution in [2.24, 2.45) is 0 Å². The fourth-order valence-electron chi connectivity index (χ4n) is 1.63. The maximum atomic E-state index is 13.0. The van der Waals surface area contributed by atoms with Gasteiger partial charge in [-0.15, -0.1) is 0 Å². The number of carbonyl (C=O) groups excluding carboxylic acids is 1. The highest BCUT2D eigenvalue weighted by molar-refractivity contribution is 5.77. The van der Waals surface area contributed by atoms with E-state index in [9.17, 15) is 9.18 Å². The molecule has 17 heavy (non-hydrogen) atoms. The van der Waals surface area contributed by atoms with Gasteiger partial charge in [0.05, 0.1) is 6.61 Å². The van der Waals surface area contributed by atoms with E-state index in [2.05, 4.69) is 6.92 Å². The van der Waals surface area contributed by atoms with Crippen molar-refractivity contribution in [1.82, 2.24) is 0 Å². The molecule has 0 saturated carbocycles. The molecule has 1 rings (SSSR count). The second-order valence-electron chi connectivity index (χ2n) is 4.07. The molecule has 0 amide bonds. The van der Waals surface area contributed by atoms with Crippen LogP contribution in [-0.2, 0) is 11.3 Å². The minimum Gasteiger partial charge on any atom is -0.377 e. The first-order valence-corrected chi connectivity index (χ1v) is 6.09. The van der Waals surface area contributed by atoms with Crippen LogP contribution in [0.1, 0.15) is 48.5 Å².